The van der Waals surface area contributed by atoms with Gasteiger partial charge in [0.05, 0.1) is 37.8 Å². The largest absolute Gasteiger partial charge is 0.235 e. The molecule has 0 N–H and O–H groups in total. The first-order valence-corrected chi connectivity index (χ1v) is 23.7. The van der Waals surface area contributed by atoms with E-state index in [2.05, 4.69) is 70.0 Å². The van der Waals surface area contributed by atoms with E-state index in [4.69, 9.17) is 9.97 Å². The molecular weight excluding hydrogens is 797 g/mol. The van der Waals surface area contributed by atoms with Gasteiger partial charge in [0.15, 0.2) is 0 Å². The molecule has 0 spiro atoms. The van der Waals surface area contributed by atoms with Gasteiger partial charge in [-0.25, -0.2) is 9.97 Å². The zero-order valence-electron chi connectivity index (χ0n) is 29.1. The van der Waals surface area contributed by atoms with Crippen molar-refractivity contribution in [2.24, 2.45) is 0 Å². The fraction of sp³-hybridized carbons (Fsp3) is 0.600. The van der Waals surface area contributed by atoms with Gasteiger partial charge in [0.2, 0.25) is 0 Å². The van der Waals surface area contributed by atoms with Gasteiger partial charge in [-0.3, -0.25) is 0 Å². The van der Waals surface area contributed by atoms with Crippen LogP contribution in [0, 0.1) is 0 Å². The molecule has 48 heavy (non-hydrogen) atoms. The third kappa shape index (κ3) is 11.7. The van der Waals surface area contributed by atoms with Crippen LogP contribution >= 0.6 is 77.2 Å². The SMILES string of the molecule is CCCCCCCCCCCCc1cc(Br)sc1-c1nc2cc3sc(-c4sc(Br)cc4CCCCCCCCCCCC)nc3cc2s1. The predicted octanol–water partition coefficient (Wildman–Crippen LogP) is 16.8. The Hall–Kier alpha value is -0.640. The van der Waals surface area contributed by atoms with Crippen molar-refractivity contribution in [3.05, 3.63) is 43.0 Å². The molecule has 0 atom stereocenters. The molecule has 0 saturated heterocycles. The summed E-state index contributed by atoms with van der Waals surface area (Å²) in [6.45, 7) is 4.59. The predicted molar refractivity (Wildman–Crippen MR) is 226 cm³/mol. The molecule has 4 heterocycles. The average Bonchev–Trinajstić information content (AvgIpc) is 3.86. The lowest BCUT2D eigenvalue weighted by molar-refractivity contribution is 0.556. The monoisotopic (exact) mass is 848 g/mol. The van der Waals surface area contributed by atoms with Gasteiger partial charge in [0, 0.05) is 0 Å². The number of thiazole rings is 2. The summed E-state index contributed by atoms with van der Waals surface area (Å²) in [6, 6.07) is 9.22. The number of rotatable bonds is 24. The molecule has 0 saturated carbocycles. The number of aryl methyl sites for hydroxylation is 2. The van der Waals surface area contributed by atoms with E-state index in [1.54, 1.807) is 0 Å². The van der Waals surface area contributed by atoms with E-state index in [1.165, 1.54) is 166 Å². The molecule has 5 aromatic rings. The van der Waals surface area contributed by atoms with E-state index in [1.807, 2.05) is 45.3 Å². The normalized spacial score (nSPS) is 11.9. The summed E-state index contributed by atoms with van der Waals surface area (Å²) in [6.07, 6.45) is 29.8. The van der Waals surface area contributed by atoms with Crippen molar-refractivity contribution in [2.75, 3.05) is 0 Å². The number of hydrogen-bond acceptors (Lipinski definition) is 6. The van der Waals surface area contributed by atoms with Gasteiger partial charge in [-0.15, -0.1) is 45.3 Å². The van der Waals surface area contributed by atoms with Crippen molar-refractivity contribution in [1.29, 1.82) is 0 Å². The first-order chi connectivity index (χ1) is 23.6. The second-order valence-corrected chi connectivity index (χ2v) is 20.4. The van der Waals surface area contributed by atoms with E-state index in [-0.39, 0.29) is 0 Å². The van der Waals surface area contributed by atoms with Gasteiger partial charge in [-0.1, -0.05) is 129 Å². The Morgan fingerprint density at radius 2 is 0.771 bits per heavy atom. The second-order valence-electron chi connectivity index (χ2n) is 13.5. The van der Waals surface area contributed by atoms with Gasteiger partial charge in [0.1, 0.15) is 10.0 Å². The van der Waals surface area contributed by atoms with Crippen LogP contribution in [0.1, 0.15) is 153 Å². The van der Waals surface area contributed by atoms with E-state index in [9.17, 15) is 0 Å². The number of hydrogen-bond donors (Lipinski definition) is 0. The molecule has 0 aliphatic carbocycles. The molecule has 4 aromatic heterocycles. The van der Waals surface area contributed by atoms with Gasteiger partial charge >= 0.3 is 0 Å². The molecule has 0 aliphatic rings. The zero-order valence-corrected chi connectivity index (χ0v) is 35.6. The Bertz CT molecular complexity index is 1490. The van der Waals surface area contributed by atoms with Crippen molar-refractivity contribution in [2.45, 2.75) is 155 Å². The lowest BCUT2D eigenvalue weighted by Crippen LogP contribution is -1.87. The summed E-state index contributed by atoms with van der Waals surface area (Å²) >= 11 is 14.9. The van der Waals surface area contributed by atoms with Crippen LogP contribution < -0.4 is 0 Å². The first-order valence-electron chi connectivity index (χ1n) is 18.8. The van der Waals surface area contributed by atoms with E-state index < -0.39 is 0 Å². The maximum absolute atomic E-state index is 5.18. The van der Waals surface area contributed by atoms with E-state index in [0.717, 1.165) is 33.9 Å². The summed E-state index contributed by atoms with van der Waals surface area (Å²) in [5.41, 5.74) is 5.10. The fourth-order valence-corrected chi connectivity index (χ4v) is 12.3. The highest BCUT2D eigenvalue weighted by Gasteiger charge is 2.18. The highest BCUT2D eigenvalue weighted by Crippen LogP contribution is 2.44. The summed E-state index contributed by atoms with van der Waals surface area (Å²) in [7, 11) is 0. The van der Waals surface area contributed by atoms with E-state index >= 15 is 0 Å². The Kier molecular flexibility index (Phi) is 16.9. The van der Waals surface area contributed by atoms with Crippen molar-refractivity contribution in [3.63, 3.8) is 0 Å². The first kappa shape index (κ1) is 38.6. The molecule has 0 fully saturated rings. The minimum atomic E-state index is 1.10. The van der Waals surface area contributed by atoms with Gasteiger partial charge < -0.3 is 0 Å². The molecule has 0 aliphatic heterocycles. The standard InChI is InChI=1S/C40H54Br2N2S4/c1-3-5-7-9-11-13-15-17-19-21-23-29-25-35(41)47-37(29)39-43-31-27-34-32(28-33(31)45-39)44-40(46-34)38-30(26-36(42)48-38)24-22-20-18-16-14-12-10-8-6-4-2/h25-28H,3-24H2,1-2H3. The molecule has 0 bridgehead atoms. The van der Waals surface area contributed by atoms with Gasteiger partial charge in [-0.05, 0) is 92.9 Å². The molecule has 2 nitrogen and oxygen atoms in total. The molecule has 1 aromatic carbocycles. The number of aromatic nitrogens is 2. The fourth-order valence-electron chi connectivity index (χ4n) is 6.67. The smallest absolute Gasteiger partial charge is 0.134 e. The maximum atomic E-state index is 5.18. The second kappa shape index (κ2) is 21.0. The Morgan fingerprint density at radius 1 is 0.438 bits per heavy atom. The zero-order chi connectivity index (χ0) is 33.6. The van der Waals surface area contributed by atoms with Crippen LogP contribution in [-0.2, 0) is 12.8 Å². The number of nitrogens with zero attached hydrogens (tertiary/aromatic N) is 2. The van der Waals surface area contributed by atoms with Crippen LogP contribution in [0.15, 0.2) is 31.8 Å². The molecule has 0 unspecified atom stereocenters. The van der Waals surface area contributed by atoms with Crippen LogP contribution in [0.2, 0.25) is 0 Å². The molecule has 0 radical (unpaired) electrons. The third-order valence-corrected chi connectivity index (χ3v) is 15.1. The van der Waals surface area contributed by atoms with Crippen molar-refractivity contribution < 1.29 is 0 Å². The molecule has 8 heteroatoms. The molecular formula is C40H54Br2N2S4. The van der Waals surface area contributed by atoms with Crippen LogP contribution in [0.3, 0.4) is 0 Å². The lowest BCUT2D eigenvalue weighted by Gasteiger charge is -2.03. The molecule has 5 rings (SSSR count). The summed E-state index contributed by atoms with van der Waals surface area (Å²) in [5.74, 6) is 0. The van der Waals surface area contributed by atoms with Crippen molar-refractivity contribution >= 4 is 97.6 Å². The molecule has 0 amide bonds. The van der Waals surface area contributed by atoms with Crippen molar-refractivity contribution in [1.82, 2.24) is 9.97 Å². The Labute approximate surface area is 322 Å². The Balaban J connectivity index is 1.15. The maximum Gasteiger partial charge on any atom is 0.134 e. The number of benzene rings is 1. The summed E-state index contributed by atoms with van der Waals surface area (Å²) in [4.78, 5) is 13.1. The summed E-state index contributed by atoms with van der Waals surface area (Å²) < 4.78 is 4.90. The van der Waals surface area contributed by atoms with Crippen LogP contribution in [0.5, 0.6) is 0 Å². The summed E-state index contributed by atoms with van der Waals surface area (Å²) in [5, 5.41) is 2.31. The minimum Gasteiger partial charge on any atom is -0.235 e. The van der Waals surface area contributed by atoms with Gasteiger partial charge in [-0.2, -0.15) is 0 Å². The van der Waals surface area contributed by atoms with Gasteiger partial charge in [0.25, 0.3) is 0 Å². The minimum absolute atomic E-state index is 1.10. The number of unbranched alkanes of at least 4 members (excludes halogenated alkanes) is 18. The quantitative estimate of drug-likeness (QED) is 0.0578. The van der Waals surface area contributed by atoms with E-state index in [0.29, 0.717) is 0 Å². The average molecular weight is 851 g/mol. The number of fused-ring (bicyclic) bond motifs is 2. The third-order valence-electron chi connectivity index (χ3n) is 9.44. The lowest BCUT2D eigenvalue weighted by atomic mass is 10.0. The van der Waals surface area contributed by atoms with Crippen LogP contribution in [0.4, 0.5) is 0 Å². The highest BCUT2D eigenvalue weighted by molar-refractivity contribution is 9.11. The number of thiophene rings is 2. The topological polar surface area (TPSA) is 25.8 Å². The van der Waals surface area contributed by atoms with Crippen LogP contribution in [0.25, 0.3) is 40.2 Å². The van der Waals surface area contributed by atoms with Crippen LogP contribution in [-0.4, -0.2) is 9.97 Å². The Morgan fingerprint density at radius 3 is 1.12 bits per heavy atom. The van der Waals surface area contributed by atoms with Crippen molar-refractivity contribution in [3.8, 4) is 19.8 Å². The number of halogens is 2. The molecule has 262 valence electrons. The highest BCUT2D eigenvalue weighted by atomic mass is 79.9.